The van der Waals surface area contributed by atoms with Gasteiger partial charge in [0.15, 0.2) is 0 Å². The zero-order chi connectivity index (χ0) is 15.4. The van der Waals surface area contributed by atoms with Gasteiger partial charge in [0.2, 0.25) is 10.0 Å². The zero-order valence-corrected chi connectivity index (χ0v) is 13.0. The standard InChI is InChI=1S/C14H20N2O4S/c1-7-11(14(17)18)15-8(2)13(7)21(19,20)16-12(9-3-4-9)10-5-6-10/h9-10,12,15-16H,3-6H2,1-2H3,(H,17,18). The summed E-state index contributed by atoms with van der Waals surface area (Å²) >= 11 is 0. The van der Waals surface area contributed by atoms with E-state index >= 15 is 0 Å². The molecule has 1 aromatic rings. The van der Waals surface area contributed by atoms with Gasteiger partial charge in [0, 0.05) is 17.3 Å². The molecule has 2 fully saturated rings. The summed E-state index contributed by atoms with van der Waals surface area (Å²) in [5.41, 5.74) is 0.600. The molecule has 3 rings (SSSR count). The number of carboxylic acids is 1. The summed E-state index contributed by atoms with van der Waals surface area (Å²) in [4.78, 5) is 13.9. The van der Waals surface area contributed by atoms with Crippen LogP contribution in [0.2, 0.25) is 0 Å². The van der Waals surface area contributed by atoms with Crippen LogP contribution in [-0.4, -0.2) is 30.5 Å². The number of nitrogens with one attached hydrogen (secondary N) is 2. The fourth-order valence-corrected chi connectivity index (χ4v) is 4.90. The lowest BCUT2D eigenvalue weighted by atomic mass is 10.1. The van der Waals surface area contributed by atoms with Gasteiger partial charge < -0.3 is 10.1 Å². The number of aromatic amines is 1. The molecule has 2 saturated carbocycles. The molecule has 0 amide bonds. The normalized spacial score (nSPS) is 19.2. The van der Waals surface area contributed by atoms with E-state index in [0.29, 0.717) is 17.5 Å². The van der Waals surface area contributed by atoms with Crippen molar-refractivity contribution in [2.45, 2.75) is 50.5 Å². The molecule has 1 aromatic heterocycles. The number of H-pyrrole nitrogens is 1. The molecule has 0 aromatic carbocycles. The molecule has 0 atom stereocenters. The van der Waals surface area contributed by atoms with E-state index in [1.54, 1.807) is 6.92 Å². The first-order valence-corrected chi connectivity index (χ1v) is 8.74. The highest BCUT2D eigenvalue weighted by Gasteiger charge is 2.44. The second-order valence-corrected chi connectivity index (χ2v) is 7.86. The minimum atomic E-state index is -3.69. The number of aromatic nitrogens is 1. The van der Waals surface area contributed by atoms with Gasteiger partial charge in [-0.3, -0.25) is 0 Å². The minimum Gasteiger partial charge on any atom is -0.477 e. The van der Waals surface area contributed by atoms with Crippen molar-refractivity contribution >= 4 is 16.0 Å². The van der Waals surface area contributed by atoms with Crippen LogP contribution in [0.1, 0.15) is 47.4 Å². The maximum absolute atomic E-state index is 12.7. The lowest BCUT2D eigenvalue weighted by Gasteiger charge is -2.18. The number of aryl methyl sites for hydroxylation is 1. The molecule has 0 spiro atoms. The van der Waals surface area contributed by atoms with Crippen molar-refractivity contribution < 1.29 is 18.3 Å². The third kappa shape index (κ3) is 2.72. The van der Waals surface area contributed by atoms with E-state index in [4.69, 9.17) is 5.11 Å². The number of aromatic carboxylic acids is 1. The molecule has 7 heteroatoms. The van der Waals surface area contributed by atoms with Gasteiger partial charge in [-0.2, -0.15) is 0 Å². The molecule has 0 radical (unpaired) electrons. The molecule has 2 aliphatic carbocycles. The fourth-order valence-electron chi connectivity index (χ4n) is 3.08. The average molecular weight is 312 g/mol. The molecule has 3 N–H and O–H groups in total. The van der Waals surface area contributed by atoms with Crippen LogP contribution in [0.25, 0.3) is 0 Å². The molecule has 0 saturated heterocycles. The van der Waals surface area contributed by atoms with Crippen LogP contribution >= 0.6 is 0 Å². The number of sulfonamides is 1. The Morgan fingerprint density at radius 3 is 2.14 bits per heavy atom. The van der Waals surface area contributed by atoms with Gasteiger partial charge in [-0.25, -0.2) is 17.9 Å². The van der Waals surface area contributed by atoms with Crippen LogP contribution in [0.3, 0.4) is 0 Å². The van der Waals surface area contributed by atoms with Crippen LogP contribution in [0, 0.1) is 25.7 Å². The molecule has 0 unspecified atom stereocenters. The lowest BCUT2D eigenvalue weighted by molar-refractivity contribution is 0.0690. The molecule has 116 valence electrons. The van der Waals surface area contributed by atoms with E-state index in [-0.39, 0.29) is 22.2 Å². The Morgan fingerprint density at radius 1 is 1.24 bits per heavy atom. The molecule has 1 heterocycles. The quantitative estimate of drug-likeness (QED) is 0.745. The predicted octanol–water partition coefficient (Wildman–Crippen LogP) is 1.80. The highest BCUT2D eigenvalue weighted by Crippen LogP contribution is 2.45. The second kappa shape index (κ2) is 4.84. The minimum absolute atomic E-state index is 0.0111. The largest absolute Gasteiger partial charge is 0.477 e. The van der Waals surface area contributed by atoms with E-state index in [1.165, 1.54) is 6.92 Å². The maximum atomic E-state index is 12.7. The third-order valence-corrected chi connectivity index (χ3v) is 6.13. The number of hydrogen-bond donors (Lipinski definition) is 3. The Labute approximate surface area is 124 Å². The third-order valence-electron chi connectivity index (χ3n) is 4.40. The monoisotopic (exact) mass is 312 g/mol. The second-order valence-electron chi connectivity index (χ2n) is 6.21. The summed E-state index contributed by atoms with van der Waals surface area (Å²) in [5.74, 6) is -0.241. The smallest absolute Gasteiger partial charge is 0.352 e. The summed E-state index contributed by atoms with van der Waals surface area (Å²) in [5, 5.41) is 9.10. The topological polar surface area (TPSA) is 99.3 Å². The Bertz CT molecular complexity index is 672. The van der Waals surface area contributed by atoms with Crippen molar-refractivity contribution in [2.75, 3.05) is 0 Å². The first-order valence-electron chi connectivity index (χ1n) is 7.26. The Balaban J connectivity index is 1.92. The van der Waals surface area contributed by atoms with E-state index < -0.39 is 16.0 Å². The van der Waals surface area contributed by atoms with Crippen LogP contribution < -0.4 is 4.72 Å². The van der Waals surface area contributed by atoms with Crippen LogP contribution in [0.15, 0.2) is 4.90 Å². The number of carbonyl (C=O) groups is 1. The summed E-state index contributed by atoms with van der Waals surface area (Å²) in [6, 6.07) is 0.0111. The zero-order valence-electron chi connectivity index (χ0n) is 12.1. The molecule has 6 nitrogen and oxygen atoms in total. The van der Waals surface area contributed by atoms with Crippen LogP contribution in [-0.2, 0) is 10.0 Å². The van der Waals surface area contributed by atoms with Crippen molar-refractivity contribution in [3.8, 4) is 0 Å². The fraction of sp³-hybridized carbons (Fsp3) is 0.643. The van der Waals surface area contributed by atoms with Crippen molar-refractivity contribution in [3.05, 3.63) is 17.0 Å². The van der Waals surface area contributed by atoms with Gasteiger partial charge in [0.25, 0.3) is 0 Å². The molecule has 0 aliphatic heterocycles. The number of rotatable bonds is 6. The lowest BCUT2D eigenvalue weighted by Crippen LogP contribution is -2.38. The summed E-state index contributed by atoms with van der Waals surface area (Å²) in [6.07, 6.45) is 4.31. The molecular formula is C14H20N2O4S. The molecular weight excluding hydrogens is 292 g/mol. The van der Waals surface area contributed by atoms with E-state index in [1.807, 2.05) is 0 Å². The summed E-state index contributed by atoms with van der Waals surface area (Å²) in [6.45, 7) is 3.13. The molecule has 21 heavy (non-hydrogen) atoms. The maximum Gasteiger partial charge on any atom is 0.352 e. The highest BCUT2D eigenvalue weighted by molar-refractivity contribution is 7.89. The van der Waals surface area contributed by atoms with Gasteiger partial charge in [-0.1, -0.05) is 0 Å². The van der Waals surface area contributed by atoms with Crippen LogP contribution in [0.4, 0.5) is 0 Å². The number of carboxylic acid groups (broad SMARTS) is 1. The van der Waals surface area contributed by atoms with Gasteiger partial charge in [0.05, 0.1) is 0 Å². The van der Waals surface area contributed by atoms with Gasteiger partial charge in [-0.05, 0) is 51.4 Å². The van der Waals surface area contributed by atoms with E-state index in [9.17, 15) is 13.2 Å². The van der Waals surface area contributed by atoms with Crippen LogP contribution in [0.5, 0.6) is 0 Å². The summed E-state index contributed by atoms with van der Waals surface area (Å²) < 4.78 is 28.1. The predicted molar refractivity (Wildman–Crippen MR) is 76.8 cm³/mol. The average Bonchev–Trinajstić information content (AvgIpc) is 3.25. The van der Waals surface area contributed by atoms with Crippen molar-refractivity contribution in [2.24, 2.45) is 11.8 Å². The first-order chi connectivity index (χ1) is 9.81. The first kappa shape index (κ1) is 14.6. The van der Waals surface area contributed by atoms with E-state index in [2.05, 4.69) is 9.71 Å². The van der Waals surface area contributed by atoms with Crippen molar-refractivity contribution in [1.29, 1.82) is 0 Å². The number of hydrogen-bond acceptors (Lipinski definition) is 3. The SMILES string of the molecule is Cc1[nH]c(C(=O)O)c(C)c1S(=O)(=O)NC(C1CC1)C1CC1. The Hall–Kier alpha value is -1.34. The molecule has 0 bridgehead atoms. The van der Waals surface area contributed by atoms with E-state index in [0.717, 1.165) is 25.7 Å². The Morgan fingerprint density at radius 2 is 1.76 bits per heavy atom. The Kier molecular flexibility index (Phi) is 3.37. The van der Waals surface area contributed by atoms with Crippen molar-refractivity contribution in [1.82, 2.24) is 9.71 Å². The van der Waals surface area contributed by atoms with Gasteiger partial charge in [0.1, 0.15) is 10.6 Å². The molecule has 2 aliphatic rings. The van der Waals surface area contributed by atoms with Gasteiger partial charge >= 0.3 is 5.97 Å². The van der Waals surface area contributed by atoms with Gasteiger partial charge in [-0.15, -0.1) is 0 Å². The summed E-state index contributed by atoms with van der Waals surface area (Å²) in [7, 11) is -3.69. The van der Waals surface area contributed by atoms with Crippen molar-refractivity contribution in [3.63, 3.8) is 0 Å². The highest BCUT2D eigenvalue weighted by atomic mass is 32.2.